The van der Waals surface area contributed by atoms with Gasteiger partial charge in [-0.15, -0.1) is 0 Å². The average Bonchev–Trinajstić information content (AvgIpc) is 2.61. The van der Waals surface area contributed by atoms with E-state index < -0.39 is 12.0 Å². The van der Waals surface area contributed by atoms with Crippen molar-refractivity contribution in [2.45, 2.75) is 20.0 Å². The Kier molecular flexibility index (Phi) is 6.67. The lowest BCUT2D eigenvalue weighted by atomic mass is 10.1. The van der Waals surface area contributed by atoms with Gasteiger partial charge in [0.1, 0.15) is 11.5 Å². The molecule has 0 spiro atoms. The van der Waals surface area contributed by atoms with E-state index in [9.17, 15) is 4.79 Å². The van der Waals surface area contributed by atoms with Crippen LogP contribution in [0.1, 0.15) is 19.4 Å². The van der Waals surface area contributed by atoms with E-state index >= 15 is 0 Å². The van der Waals surface area contributed by atoms with Gasteiger partial charge in [-0.3, -0.25) is 4.79 Å². The first-order chi connectivity index (χ1) is 11.9. The molecule has 0 aromatic heterocycles. The maximum Gasteiger partial charge on any atom is 0.280 e. The molecule has 132 valence electrons. The number of halogens is 2. The predicted octanol–water partition coefficient (Wildman–Crippen LogP) is 4.31. The van der Waals surface area contributed by atoms with Gasteiger partial charge in [0.05, 0.1) is 17.8 Å². The van der Waals surface area contributed by atoms with Crippen molar-refractivity contribution in [3.8, 4) is 11.5 Å². The molecule has 0 aliphatic rings. The van der Waals surface area contributed by atoms with Crippen LogP contribution in [-0.2, 0) is 4.79 Å². The van der Waals surface area contributed by atoms with E-state index in [4.69, 9.17) is 32.7 Å². The van der Waals surface area contributed by atoms with Crippen LogP contribution in [0.2, 0.25) is 10.0 Å². The summed E-state index contributed by atoms with van der Waals surface area (Å²) in [6.07, 6.45) is -0.777. The molecule has 0 fully saturated rings. The lowest BCUT2D eigenvalue weighted by Gasteiger charge is -2.14. The molecular weight excluding hydrogens is 363 g/mol. The molecule has 2 rings (SSSR count). The zero-order chi connectivity index (χ0) is 18.4. The standard InChI is InChI=1S/C18H18Cl2N2O3/c1-11(13-5-4-6-15(9-13)24-3)21-22-18(23)12(2)25-17-8-7-14(19)10-16(17)20/h4-10,12H,1-3H3,(H,22,23). The summed E-state index contributed by atoms with van der Waals surface area (Å²) >= 11 is 11.9. The number of nitrogens with one attached hydrogen (secondary N) is 1. The SMILES string of the molecule is COc1cccc(C(C)=NNC(=O)C(C)Oc2ccc(Cl)cc2Cl)c1. The van der Waals surface area contributed by atoms with E-state index in [1.807, 2.05) is 24.3 Å². The van der Waals surface area contributed by atoms with E-state index in [1.54, 1.807) is 39.2 Å². The molecule has 0 aliphatic heterocycles. The van der Waals surface area contributed by atoms with Crippen molar-refractivity contribution in [2.24, 2.45) is 5.10 Å². The number of benzene rings is 2. The van der Waals surface area contributed by atoms with Crippen LogP contribution in [0.15, 0.2) is 47.6 Å². The number of carbonyl (C=O) groups is 1. The van der Waals surface area contributed by atoms with Gasteiger partial charge in [-0.2, -0.15) is 5.10 Å². The monoisotopic (exact) mass is 380 g/mol. The fourth-order valence-electron chi connectivity index (χ4n) is 1.96. The van der Waals surface area contributed by atoms with Crippen LogP contribution >= 0.6 is 23.2 Å². The number of rotatable bonds is 6. The normalized spacial score (nSPS) is 12.4. The molecule has 7 heteroatoms. The van der Waals surface area contributed by atoms with Gasteiger partial charge < -0.3 is 9.47 Å². The summed E-state index contributed by atoms with van der Waals surface area (Å²) in [6.45, 7) is 3.40. The van der Waals surface area contributed by atoms with Crippen molar-refractivity contribution in [3.05, 3.63) is 58.1 Å². The average molecular weight is 381 g/mol. The molecule has 1 unspecified atom stereocenters. The molecule has 0 bridgehead atoms. The van der Waals surface area contributed by atoms with Gasteiger partial charge in [0.25, 0.3) is 5.91 Å². The smallest absolute Gasteiger partial charge is 0.280 e. The van der Waals surface area contributed by atoms with Gasteiger partial charge in [0, 0.05) is 10.6 Å². The molecule has 0 heterocycles. The Labute approximate surface area is 156 Å². The molecule has 1 amide bonds. The fourth-order valence-corrected chi connectivity index (χ4v) is 2.41. The summed E-state index contributed by atoms with van der Waals surface area (Å²) in [5.41, 5.74) is 3.97. The van der Waals surface area contributed by atoms with Crippen LogP contribution in [0.25, 0.3) is 0 Å². The third kappa shape index (κ3) is 5.37. The van der Waals surface area contributed by atoms with E-state index in [0.29, 0.717) is 27.3 Å². The van der Waals surface area contributed by atoms with E-state index in [2.05, 4.69) is 10.5 Å². The van der Waals surface area contributed by atoms with Gasteiger partial charge in [-0.25, -0.2) is 5.43 Å². The number of hydrogen-bond acceptors (Lipinski definition) is 4. The first-order valence-electron chi connectivity index (χ1n) is 7.51. The number of ether oxygens (including phenoxy) is 2. The van der Waals surface area contributed by atoms with Crippen LogP contribution in [0.5, 0.6) is 11.5 Å². The predicted molar refractivity (Wildman–Crippen MR) is 99.9 cm³/mol. The first kappa shape index (κ1) is 19.1. The van der Waals surface area contributed by atoms with Crippen molar-refractivity contribution in [2.75, 3.05) is 7.11 Å². The van der Waals surface area contributed by atoms with Gasteiger partial charge in [0.2, 0.25) is 0 Å². The number of hydrazone groups is 1. The van der Waals surface area contributed by atoms with Crippen LogP contribution in [0, 0.1) is 0 Å². The number of hydrogen-bond donors (Lipinski definition) is 1. The van der Waals surface area contributed by atoms with Crippen LogP contribution < -0.4 is 14.9 Å². The minimum Gasteiger partial charge on any atom is -0.497 e. The number of methoxy groups -OCH3 is 1. The van der Waals surface area contributed by atoms with Crippen molar-refractivity contribution in [1.82, 2.24) is 5.43 Å². The molecule has 5 nitrogen and oxygen atoms in total. The second kappa shape index (κ2) is 8.74. The van der Waals surface area contributed by atoms with Crippen molar-refractivity contribution >= 4 is 34.8 Å². The Morgan fingerprint density at radius 3 is 2.64 bits per heavy atom. The Bertz CT molecular complexity index is 794. The molecule has 0 saturated heterocycles. The second-order valence-corrected chi connectivity index (χ2v) is 6.08. The van der Waals surface area contributed by atoms with E-state index in [-0.39, 0.29) is 0 Å². The highest BCUT2D eigenvalue weighted by Crippen LogP contribution is 2.28. The second-order valence-electron chi connectivity index (χ2n) is 5.24. The number of amides is 1. The number of nitrogens with zero attached hydrogens (tertiary/aromatic N) is 1. The quantitative estimate of drug-likeness (QED) is 0.599. The highest BCUT2D eigenvalue weighted by Gasteiger charge is 2.16. The molecule has 0 radical (unpaired) electrons. The maximum absolute atomic E-state index is 12.1. The van der Waals surface area contributed by atoms with Gasteiger partial charge in [-0.05, 0) is 44.2 Å². The summed E-state index contributed by atoms with van der Waals surface area (Å²) in [7, 11) is 1.59. The first-order valence-corrected chi connectivity index (χ1v) is 8.26. The molecule has 0 saturated carbocycles. The summed E-state index contributed by atoms with van der Waals surface area (Å²) in [6, 6.07) is 12.2. The largest absolute Gasteiger partial charge is 0.497 e. The topological polar surface area (TPSA) is 59.9 Å². The van der Waals surface area contributed by atoms with E-state index in [1.165, 1.54) is 0 Å². The van der Waals surface area contributed by atoms with Gasteiger partial charge in [-0.1, -0.05) is 35.3 Å². The fraction of sp³-hybridized carbons (Fsp3) is 0.222. The van der Waals surface area contributed by atoms with Crippen molar-refractivity contribution in [3.63, 3.8) is 0 Å². The highest BCUT2D eigenvalue weighted by atomic mass is 35.5. The molecule has 2 aromatic rings. The summed E-state index contributed by atoms with van der Waals surface area (Å²) in [5.74, 6) is 0.697. The molecule has 1 atom stereocenters. The Morgan fingerprint density at radius 2 is 1.96 bits per heavy atom. The Morgan fingerprint density at radius 1 is 1.20 bits per heavy atom. The minimum absolute atomic E-state index is 0.336. The van der Waals surface area contributed by atoms with Crippen molar-refractivity contribution in [1.29, 1.82) is 0 Å². The molecule has 25 heavy (non-hydrogen) atoms. The lowest BCUT2D eigenvalue weighted by molar-refractivity contribution is -0.127. The Balaban J connectivity index is 2.00. The van der Waals surface area contributed by atoms with Crippen LogP contribution in [-0.4, -0.2) is 24.8 Å². The van der Waals surface area contributed by atoms with Gasteiger partial charge >= 0.3 is 0 Å². The molecular formula is C18H18Cl2N2O3. The minimum atomic E-state index is -0.777. The molecule has 1 N–H and O–H groups in total. The third-order valence-electron chi connectivity index (χ3n) is 3.39. The van der Waals surface area contributed by atoms with Gasteiger partial charge in [0.15, 0.2) is 6.10 Å². The zero-order valence-corrected chi connectivity index (χ0v) is 15.6. The summed E-state index contributed by atoms with van der Waals surface area (Å²) in [5, 5.41) is 4.93. The van der Waals surface area contributed by atoms with Crippen LogP contribution in [0.4, 0.5) is 0 Å². The molecule has 0 aliphatic carbocycles. The Hall–Kier alpha value is -2.24. The van der Waals surface area contributed by atoms with E-state index in [0.717, 1.165) is 5.56 Å². The summed E-state index contributed by atoms with van der Waals surface area (Å²) in [4.78, 5) is 12.1. The molecule has 2 aromatic carbocycles. The van der Waals surface area contributed by atoms with Crippen molar-refractivity contribution < 1.29 is 14.3 Å². The number of carbonyl (C=O) groups excluding carboxylic acids is 1. The highest BCUT2D eigenvalue weighted by molar-refractivity contribution is 6.35. The maximum atomic E-state index is 12.1. The summed E-state index contributed by atoms with van der Waals surface area (Å²) < 4.78 is 10.7. The lowest BCUT2D eigenvalue weighted by Crippen LogP contribution is -2.34. The third-order valence-corrected chi connectivity index (χ3v) is 3.92. The zero-order valence-electron chi connectivity index (χ0n) is 14.0. The van der Waals surface area contributed by atoms with Crippen LogP contribution in [0.3, 0.4) is 0 Å².